The topological polar surface area (TPSA) is 77.2 Å². The number of pyridine rings is 1. The minimum Gasteiger partial charge on any atom is -0.465 e. The molecule has 2 rings (SSSR count). The van der Waals surface area contributed by atoms with Crippen LogP contribution in [-0.2, 0) is 4.74 Å². The number of carbonyl (C=O) groups is 1. The lowest BCUT2D eigenvalue weighted by atomic mass is 9.86. The van der Waals surface area contributed by atoms with E-state index in [1.807, 2.05) is 0 Å². The molecule has 1 aromatic heterocycles. The van der Waals surface area contributed by atoms with Gasteiger partial charge in [-0.15, -0.1) is 0 Å². The number of anilines is 2. The molecule has 104 valence electrons. The Morgan fingerprint density at radius 2 is 2.21 bits per heavy atom. The van der Waals surface area contributed by atoms with Gasteiger partial charge in [-0.3, -0.25) is 0 Å². The van der Waals surface area contributed by atoms with Crippen LogP contribution in [0, 0.1) is 5.92 Å². The van der Waals surface area contributed by atoms with Crippen LogP contribution >= 0.6 is 0 Å². The maximum atomic E-state index is 11.6. The Hall–Kier alpha value is -1.78. The van der Waals surface area contributed by atoms with E-state index in [2.05, 4.69) is 17.2 Å². The van der Waals surface area contributed by atoms with Gasteiger partial charge in [0.2, 0.25) is 0 Å². The molecule has 3 N–H and O–H groups in total. The summed E-state index contributed by atoms with van der Waals surface area (Å²) in [6.07, 6.45) is 6.42. The average Bonchev–Trinajstić information content (AvgIpc) is 2.42. The quantitative estimate of drug-likeness (QED) is 0.819. The van der Waals surface area contributed by atoms with Crippen LogP contribution in [0.5, 0.6) is 0 Å². The molecule has 1 saturated carbocycles. The second-order valence-electron chi connectivity index (χ2n) is 5.12. The summed E-state index contributed by atoms with van der Waals surface area (Å²) in [4.78, 5) is 15.8. The number of rotatable bonds is 3. The highest BCUT2D eigenvalue weighted by Crippen LogP contribution is 2.29. The zero-order valence-corrected chi connectivity index (χ0v) is 11.5. The number of aromatic nitrogens is 1. The number of ether oxygens (including phenoxy) is 1. The van der Waals surface area contributed by atoms with Crippen molar-refractivity contribution in [1.82, 2.24) is 4.98 Å². The summed E-state index contributed by atoms with van der Waals surface area (Å²) in [5.74, 6) is 0.748. The van der Waals surface area contributed by atoms with Crippen molar-refractivity contribution in [3.63, 3.8) is 0 Å². The summed E-state index contributed by atoms with van der Waals surface area (Å²) in [6.45, 7) is 2.23. The molecule has 1 heterocycles. The molecule has 5 heteroatoms. The molecule has 0 radical (unpaired) electrons. The lowest BCUT2D eigenvalue weighted by molar-refractivity contribution is 0.0602. The van der Waals surface area contributed by atoms with E-state index in [1.165, 1.54) is 26.4 Å². The van der Waals surface area contributed by atoms with Gasteiger partial charge in [-0.2, -0.15) is 0 Å². The molecule has 1 aliphatic carbocycles. The predicted octanol–water partition coefficient (Wildman–Crippen LogP) is 2.44. The maximum absolute atomic E-state index is 11.6. The monoisotopic (exact) mass is 263 g/mol. The van der Waals surface area contributed by atoms with Crippen molar-refractivity contribution in [3.8, 4) is 0 Å². The van der Waals surface area contributed by atoms with Gasteiger partial charge < -0.3 is 15.8 Å². The summed E-state index contributed by atoms with van der Waals surface area (Å²) in [5.41, 5.74) is 6.73. The summed E-state index contributed by atoms with van der Waals surface area (Å²) in [7, 11) is 1.35. The number of carbonyl (C=O) groups excluding carboxylic acids is 1. The molecular weight excluding hydrogens is 242 g/mol. The number of hydrogen-bond acceptors (Lipinski definition) is 5. The third kappa shape index (κ3) is 2.97. The fourth-order valence-electron chi connectivity index (χ4n) is 2.58. The lowest BCUT2D eigenvalue weighted by Crippen LogP contribution is -2.31. The van der Waals surface area contributed by atoms with Gasteiger partial charge in [-0.25, -0.2) is 9.78 Å². The number of nitrogen functional groups attached to an aromatic ring is 1. The van der Waals surface area contributed by atoms with Crippen molar-refractivity contribution in [2.45, 2.75) is 38.6 Å². The Labute approximate surface area is 113 Å². The fraction of sp³-hybridized carbons (Fsp3) is 0.571. The number of nitrogens with one attached hydrogen (secondary N) is 1. The van der Waals surface area contributed by atoms with E-state index in [0.717, 1.165) is 6.42 Å². The van der Waals surface area contributed by atoms with E-state index >= 15 is 0 Å². The van der Waals surface area contributed by atoms with Crippen LogP contribution in [0.25, 0.3) is 0 Å². The van der Waals surface area contributed by atoms with E-state index < -0.39 is 5.97 Å². The van der Waals surface area contributed by atoms with E-state index in [0.29, 0.717) is 29.0 Å². The highest BCUT2D eigenvalue weighted by atomic mass is 16.5. The van der Waals surface area contributed by atoms with Crippen molar-refractivity contribution in [2.24, 2.45) is 5.92 Å². The molecule has 5 nitrogen and oxygen atoms in total. The SMILES string of the molecule is COC(=O)c1ccnc(NC2CCCCC2C)c1N. The fourth-order valence-corrected chi connectivity index (χ4v) is 2.58. The highest BCUT2D eigenvalue weighted by molar-refractivity contribution is 5.97. The molecule has 1 aliphatic rings. The second kappa shape index (κ2) is 5.91. The first-order valence-corrected chi connectivity index (χ1v) is 6.72. The molecule has 1 fully saturated rings. The van der Waals surface area contributed by atoms with E-state index in [4.69, 9.17) is 10.5 Å². The third-order valence-electron chi connectivity index (χ3n) is 3.83. The van der Waals surface area contributed by atoms with Gasteiger partial charge in [-0.05, 0) is 24.8 Å². The normalized spacial score (nSPS) is 22.8. The molecule has 0 spiro atoms. The molecule has 1 aromatic rings. The largest absolute Gasteiger partial charge is 0.465 e. The molecule has 2 atom stereocenters. The van der Waals surface area contributed by atoms with Crippen LogP contribution < -0.4 is 11.1 Å². The maximum Gasteiger partial charge on any atom is 0.340 e. The van der Waals surface area contributed by atoms with Crippen LogP contribution in [0.15, 0.2) is 12.3 Å². The molecule has 0 amide bonds. The Morgan fingerprint density at radius 1 is 1.47 bits per heavy atom. The summed E-state index contributed by atoms with van der Waals surface area (Å²) < 4.78 is 4.71. The highest BCUT2D eigenvalue weighted by Gasteiger charge is 2.23. The molecule has 19 heavy (non-hydrogen) atoms. The van der Waals surface area contributed by atoms with Crippen LogP contribution in [0.4, 0.5) is 11.5 Å². The van der Waals surface area contributed by atoms with Crippen molar-refractivity contribution in [3.05, 3.63) is 17.8 Å². The number of methoxy groups -OCH3 is 1. The van der Waals surface area contributed by atoms with E-state index in [1.54, 1.807) is 12.3 Å². The molecular formula is C14H21N3O2. The average molecular weight is 263 g/mol. The number of nitrogens with two attached hydrogens (primary N) is 1. The molecule has 2 unspecified atom stereocenters. The van der Waals surface area contributed by atoms with E-state index in [-0.39, 0.29) is 0 Å². The Bertz CT molecular complexity index is 462. The van der Waals surface area contributed by atoms with E-state index in [9.17, 15) is 4.79 Å². The predicted molar refractivity (Wildman–Crippen MR) is 75.0 cm³/mol. The number of hydrogen-bond donors (Lipinski definition) is 2. The van der Waals surface area contributed by atoms with Gasteiger partial charge >= 0.3 is 5.97 Å². The van der Waals surface area contributed by atoms with Gasteiger partial charge in [0.1, 0.15) is 5.82 Å². The molecule has 0 aliphatic heterocycles. The lowest BCUT2D eigenvalue weighted by Gasteiger charge is -2.30. The first kappa shape index (κ1) is 13.6. The van der Waals surface area contributed by atoms with Crippen molar-refractivity contribution in [1.29, 1.82) is 0 Å². The molecule has 0 bridgehead atoms. The standard InChI is InChI=1S/C14H21N3O2/c1-9-5-3-4-6-11(9)17-13-12(15)10(7-8-16-13)14(18)19-2/h7-9,11H,3-6,15H2,1-2H3,(H,16,17). The van der Waals surface area contributed by atoms with Gasteiger partial charge in [0.25, 0.3) is 0 Å². The van der Waals surface area contributed by atoms with Crippen LogP contribution in [-0.4, -0.2) is 24.1 Å². The number of nitrogens with zero attached hydrogens (tertiary/aromatic N) is 1. The van der Waals surface area contributed by atoms with Crippen LogP contribution in [0.2, 0.25) is 0 Å². The Kier molecular flexibility index (Phi) is 4.24. The van der Waals surface area contributed by atoms with Crippen molar-refractivity contribution in [2.75, 3.05) is 18.2 Å². The smallest absolute Gasteiger partial charge is 0.340 e. The zero-order valence-electron chi connectivity index (χ0n) is 11.5. The first-order valence-electron chi connectivity index (χ1n) is 6.72. The summed E-state index contributed by atoms with van der Waals surface area (Å²) >= 11 is 0. The minimum absolute atomic E-state index is 0.364. The van der Waals surface area contributed by atoms with Gasteiger partial charge in [-0.1, -0.05) is 19.8 Å². The summed E-state index contributed by atoms with van der Waals surface area (Å²) in [5, 5.41) is 3.37. The van der Waals surface area contributed by atoms with Crippen molar-refractivity contribution >= 4 is 17.5 Å². The summed E-state index contributed by atoms with van der Waals surface area (Å²) in [6, 6.07) is 1.95. The van der Waals surface area contributed by atoms with Crippen LogP contribution in [0.1, 0.15) is 43.0 Å². The molecule has 0 saturated heterocycles. The number of esters is 1. The first-order chi connectivity index (χ1) is 9.13. The zero-order chi connectivity index (χ0) is 13.8. The van der Waals surface area contributed by atoms with Gasteiger partial charge in [0.05, 0.1) is 18.4 Å². The molecule has 0 aromatic carbocycles. The second-order valence-corrected chi connectivity index (χ2v) is 5.12. The van der Waals surface area contributed by atoms with Crippen molar-refractivity contribution < 1.29 is 9.53 Å². The van der Waals surface area contributed by atoms with Gasteiger partial charge in [0, 0.05) is 12.2 Å². The third-order valence-corrected chi connectivity index (χ3v) is 3.83. The van der Waals surface area contributed by atoms with Crippen LogP contribution in [0.3, 0.4) is 0 Å². The Morgan fingerprint density at radius 3 is 2.89 bits per heavy atom. The Balaban J connectivity index is 2.18. The minimum atomic E-state index is -0.431. The van der Waals surface area contributed by atoms with Gasteiger partial charge in [0.15, 0.2) is 0 Å².